The van der Waals surface area contributed by atoms with Gasteiger partial charge in [-0.1, -0.05) is 208 Å². The minimum atomic E-state index is -0.173. The Balaban J connectivity index is 1.08. The number of nitrogens with zero attached hydrogens (tertiary/aromatic N) is 1. The molecule has 2 nitrogen and oxygen atoms in total. The first-order valence-corrected chi connectivity index (χ1v) is 22.5. The molecule has 0 bridgehead atoms. The summed E-state index contributed by atoms with van der Waals surface area (Å²) in [6, 6.07) is 85.7. The minimum Gasteiger partial charge on any atom is -0.454 e. The highest BCUT2D eigenvalue weighted by molar-refractivity contribution is 6.01. The summed E-state index contributed by atoms with van der Waals surface area (Å²) in [5.41, 5.74) is 21.8. The molecule has 0 atom stereocenters. The molecule has 0 fully saturated rings. The van der Waals surface area contributed by atoms with Crippen LogP contribution in [-0.2, 0) is 5.41 Å². The van der Waals surface area contributed by atoms with Gasteiger partial charge in [0, 0.05) is 27.9 Å². The summed E-state index contributed by atoms with van der Waals surface area (Å²) in [6.07, 6.45) is 0. The molecule has 65 heavy (non-hydrogen) atoms. The highest BCUT2D eigenvalue weighted by atomic mass is 16.5. The fourth-order valence-corrected chi connectivity index (χ4v) is 10.2. The number of anilines is 3. The van der Waals surface area contributed by atoms with Gasteiger partial charge in [0.15, 0.2) is 5.75 Å². The topological polar surface area (TPSA) is 12.5 Å². The third-order valence-corrected chi connectivity index (χ3v) is 13.5. The second kappa shape index (κ2) is 15.6. The summed E-state index contributed by atoms with van der Waals surface area (Å²) in [7, 11) is 0. The van der Waals surface area contributed by atoms with E-state index >= 15 is 0 Å². The molecule has 0 spiro atoms. The number of hydrogen-bond donors (Lipinski definition) is 0. The Morgan fingerprint density at radius 1 is 0.323 bits per heavy atom. The Labute approximate surface area is 381 Å². The Kier molecular flexibility index (Phi) is 9.21. The normalized spacial score (nSPS) is 12.7. The van der Waals surface area contributed by atoms with E-state index in [2.05, 4.69) is 255 Å². The van der Waals surface area contributed by atoms with Gasteiger partial charge in [-0.25, -0.2) is 0 Å². The molecule has 0 unspecified atom stereocenters. The average Bonchev–Trinajstić information content (AvgIpc) is 3.49. The van der Waals surface area contributed by atoms with Crippen molar-refractivity contribution < 1.29 is 4.74 Å². The maximum absolute atomic E-state index is 7.50. The molecule has 1 heterocycles. The van der Waals surface area contributed by atoms with Crippen molar-refractivity contribution in [1.82, 2.24) is 0 Å². The Hall–Kier alpha value is -8.20. The molecular weight excluding hydrogens is 787 g/mol. The monoisotopic (exact) mass is 831 g/mol. The van der Waals surface area contributed by atoms with Crippen LogP contribution in [-0.4, -0.2) is 0 Å². The van der Waals surface area contributed by atoms with Crippen molar-refractivity contribution >= 4 is 17.1 Å². The van der Waals surface area contributed by atoms with Crippen LogP contribution < -0.4 is 9.64 Å². The largest absolute Gasteiger partial charge is 0.454 e. The highest BCUT2D eigenvalue weighted by Crippen LogP contribution is 2.56. The molecule has 308 valence electrons. The van der Waals surface area contributed by atoms with Gasteiger partial charge >= 0.3 is 0 Å². The lowest BCUT2D eigenvalue weighted by atomic mass is 9.82. The van der Waals surface area contributed by atoms with E-state index in [1.165, 1.54) is 44.5 Å². The van der Waals surface area contributed by atoms with Gasteiger partial charge in [0.25, 0.3) is 0 Å². The lowest BCUT2D eigenvalue weighted by Gasteiger charge is -2.30. The summed E-state index contributed by atoms with van der Waals surface area (Å²) in [5.74, 6) is 1.63. The second-order valence-electron chi connectivity index (χ2n) is 17.7. The number of rotatable bonds is 7. The third-order valence-electron chi connectivity index (χ3n) is 13.5. The van der Waals surface area contributed by atoms with Gasteiger partial charge in [-0.2, -0.15) is 0 Å². The molecular formula is C63H45NO. The molecule has 0 radical (unpaired) electrons. The van der Waals surface area contributed by atoms with Crippen LogP contribution in [0.5, 0.6) is 11.5 Å². The first kappa shape index (κ1) is 38.5. The summed E-state index contributed by atoms with van der Waals surface area (Å²) in [6.45, 7) is 4.70. The summed E-state index contributed by atoms with van der Waals surface area (Å²) in [4.78, 5) is 2.40. The summed E-state index contributed by atoms with van der Waals surface area (Å²) < 4.78 is 7.50. The molecule has 10 aromatic rings. The Morgan fingerprint density at radius 3 is 1.57 bits per heavy atom. The van der Waals surface area contributed by atoms with E-state index in [0.29, 0.717) is 0 Å². The van der Waals surface area contributed by atoms with Gasteiger partial charge < -0.3 is 9.64 Å². The Bertz CT molecular complexity index is 3410. The highest BCUT2D eigenvalue weighted by Gasteiger charge is 2.36. The standard InChI is InChI=1S/C63H45NO/c1-63(2)57-28-13-12-25-53(57)54-38-36-50(41-58(54)63)64(49-24-14-23-47(39-49)43-19-8-4-9-20-43)59-29-15-27-55-52-37-35-48(44-21-10-5-11-22-44)40-56(52)61-51(26-16-30-60(61)65-62(55)59)46-33-31-45(32-34-46)42-17-6-3-7-18-42/h3-41H,1-2H3. The van der Waals surface area contributed by atoms with Gasteiger partial charge in [0.1, 0.15) is 5.75 Å². The van der Waals surface area contributed by atoms with Crippen LogP contribution in [0.1, 0.15) is 25.0 Å². The van der Waals surface area contributed by atoms with Crippen molar-refractivity contribution in [2.75, 3.05) is 4.90 Å². The molecule has 2 aliphatic rings. The number of hydrogen-bond acceptors (Lipinski definition) is 2. The molecule has 10 aromatic carbocycles. The molecule has 0 saturated carbocycles. The van der Waals surface area contributed by atoms with Crippen molar-refractivity contribution in [3.63, 3.8) is 0 Å². The maximum atomic E-state index is 7.50. The van der Waals surface area contributed by atoms with Crippen LogP contribution in [0.2, 0.25) is 0 Å². The van der Waals surface area contributed by atoms with Crippen LogP contribution in [0.25, 0.3) is 77.9 Å². The summed E-state index contributed by atoms with van der Waals surface area (Å²) in [5, 5.41) is 0. The fourth-order valence-electron chi connectivity index (χ4n) is 10.2. The van der Waals surface area contributed by atoms with E-state index in [1.807, 2.05) is 0 Å². The third kappa shape index (κ3) is 6.57. The lowest BCUT2D eigenvalue weighted by molar-refractivity contribution is 0.489. The van der Waals surface area contributed by atoms with E-state index in [4.69, 9.17) is 4.74 Å². The molecule has 0 amide bonds. The molecule has 12 rings (SSSR count). The van der Waals surface area contributed by atoms with Crippen LogP contribution in [0.3, 0.4) is 0 Å². The predicted molar refractivity (Wildman–Crippen MR) is 271 cm³/mol. The van der Waals surface area contributed by atoms with Crippen molar-refractivity contribution in [1.29, 1.82) is 0 Å². The van der Waals surface area contributed by atoms with Crippen molar-refractivity contribution in [2.24, 2.45) is 0 Å². The first-order valence-electron chi connectivity index (χ1n) is 22.5. The molecule has 1 aliphatic carbocycles. The van der Waals surface area contributed by atoms with Gasteiger partial charge in [-0.3, -0.25) is 0 Å². The fraction of sp³-hybridized carbons (Fsp3) is 0.0476. The molecule has 2 heteroatoms. The zero-order valence-corrected chi connectivity index (χ0v) is 36.4. The van der Waals surface area contributed by atoms with Gasteiger partial charge in [0.05, 0.1) is 5.69 Å². The molecule has 0 N–H and O–H groups in total. The smallest absolute Gasteiger partial charge is 0.159 e. The van der Waals surface area contributed by atoms with Crippen molar-refractivity contribution in [3.05, 3.63) is 248 Å². The van der Waals surface area contributed by atoms with E-state index in [-0.39, 0.29) is 5.41 Å². The summed E-state index contributed by atoms with van der Waals surface area (Å²) >= 11 is 0. The number of ether oxygens (including phenoxy) is 1. The van der Waals surface area contributed by atoms with E-state index in [1.54, 1.807) is 0 Å². The number of fused-ring (bicyclic) bond motifs is 8. The predicted octanol–water partition coefficient (Wildman–Crippen LogP) is 17.6. The van der Waals surface area contributed by atoms with E-state index in [0.717, 1.165) is 73.1 Å². The van der Waals surface area contributed by atoms with E-state index < -0.39 is 0 Å². The quantitative estimate of drug-likeness (QED) is 0.159. The van der Waals surface area contributed by atoms with Gasteiger partial charge in [0.2, 0.25) is 0 Å². The maximum Gasteiger partial charge on any atom is 0.159 e. The van der Waals surface area contributed by atoms with Crippen LogP contribution in [0.4, 0.5) is 17.1 Å². The van der Waals surface area contributed by atoms with Gasteiger partial charge in [-0.15, -0.1) is 0 Å². The number of benzene rings is 10. The zero-order chi connectivity index (χ0) is 43.5. The average molecular weight is 832 g/mol. The molecule has 0 saturated heterocycles. The van der Waals surface area contributed by atoms with Crippen LogP contribution >= 0.6 is 0 Å². The van der Waals surface area contributed by atoms with Crippen molar-refractivity contribution in [2.45, 2.75) is 19.3 Å². The Morgan fingerprint density at radius 2 is 0.831 bits per heavy atom. The second-order valence-corrected chi connectivity index (χ2v) is 17.7. The van der Waals surface area contributed by atoms with Crippen molar-refractivity contribution in [3.8, 4) is 89.4 Å². The number of para-hydroxylation sites is 1. The van der Waals surface area contributed by atoms with Gasteiger partial charge in [-0.05, 0) is 120 Å². The van der Waals surface area contributed by atoms with Crippen LogP contribution in [0.15, 0.2) is 237 Å². The molecule has 0 aromatic heterocycles. The van der Waals surface area contributed by atoms with E-state index in [9.17, 15) is 0 Å². The lowest BCUT2D eigenvalue weighted by Crippen LogP contribution is -2.17. The zero-order valence-electron chi connectivity index (χ0n) is 36.4. The van der Waals surface area contributed by atoms with Crippen LogP contribution in [0, 0.1) is 0 Å². The minimum absolute atomic E-state index is 0.173. The SMILES string of the molecule is CC1(C)c2ccccc2-c2ccc(N(c3cccc(-c4ccccc4)c3)c3cccc4c3Oc3cccc(-c5ccc(-c6ccccc6)cc5)c3-c3cc(-c5ccccc5)ccc3-4)cc21. The molecule has 1 aliphatic heterocycles. The first-order chi connectivity index (χ1) is 32.0.